The maximum atomic E-state index is 13.9. The molecule has 0 fully saturated rings. The average molecular weight is 567 g/mol. The van der Waals surface area contributed by atoms with Gasteiger partial charge in [0.05, 0.1) is 30.9 Å². The van der Waals surface area contributed by atoms with Crippen LogP contribution >= 0.6 is 15.9 Å². The van der Waals surface area contributed by atoms with Crippen molar-refractivity contribution in [3.63, 3.8) is 0 Å². The van der Waals surface area contributed by atoms with Crippen LogP contribution in [-0.4, -0.2) is 40.6 Å². The number of nitrogens with one attached hydrogen (secondary N) is 1. The summed E-state index contributed by atoms with van der Waals surface area (Å²) in [4.78, 5) is 13.4. The summed E-state index contributed by atoms with van der Waals surface area (Å²) in [5.41, 5.74) is 4.64. The number of halogens is 3. The number of carbonyl (C=O) groups excluding carboxylic acids is 1. The number of rotatable bonds is 9. The molecule has 196 valence electrons. The Balaban J connectivity index is 1.97. The van der Waals surface area contributed by atoms with Crippen molar-refractivity contribution in [2.45, 2.75) is 70.4 Å². The monoisotopic (exact) mass is 566 g/mol. The molecule has 0 bridgehead atoms. The van der Waals surface area contributed by atoms with Gasteiger partial charge in [0.25, 0.3) is 0 Å². The zero-order chi connectivity index (χ0) is 26.6. The van der Waals surface area contributed by atoms with Crippen molar-refractivity contribution in [2.24, 2.45) is 0 Å². The van der Waals surface area contributed by atoms with Crippen LogP contribution in [0.2, 0.25) is 0 Å². The van der Waals surface area contributed by atoms with Crippen molar-refractivity contribution >= 4 is 22.0 Å². The van der Waals surface area contributed by atoms with Crippen LogP contribution in [0, 0.1) is 11.6 Å². The molecule has 4 atom stereocenters. The lowest BCUT2D eigenvalue weighted by atomic mass is 10.0. The number of hydrazine groups is 1. The molecular weight excluding hydrogens is 534 g/mol. The Hall–Kier alpha value is -2.33. The first-order chi connectivity index (χ1) is 16.9. The molecule has 0 unspecified atom stereocenters. The van der Waals surface area contributed by atoms with Gasteiger partial charge < -0.3 is 14.6 Å². The van der Waals surface area contributed by atoms with Crippen molar-refractivity contribution in [1.82, 2.24) is 10.4 Å². The number of nitrogens with zero attached hydrogens (tertiary/aromatic N) is 1. The van der Waals surface area contributed by atoms with Crippen molar-refractivity contribution in [1.29, 1.82) is 0 Å². The summed E-state index contributed by atoms with van der Waals surface area (Å²) in [6.07, 6.45) is 0.192. The Bertz CT molecular complexity index is 1070. The van der Waals surface area contributed by atoms with E-state index in [2.05, 4.69) is 27.9 Å². The Labute approximate surface area is 219 Å². The zero-order valence-corrected chi connectivity index (χ0v) is 22.5. The van der Waals surface area contributed by atoms with E-state index in [0.29, 0.717) is 18.6 Å². The summed E-state index contributed by atoms with van der Waals surface area (Å²) in [7, 11) is 0. The molecule has 0 spiro atoms. The van der Waals surface area contributed by atoms with Gasteiger partial charge in [0.1, 0.15) is 17.2 Å². The first kappa shape index (κ1) is 28.2. The Kier molecular flexibility index (Phi) is 9.27. The van der Waals surface area contributed by atoms with Gasteiger partial charge in [-0.2, -0.15) is 0 Å². The summed E-state index contributed by atoms with van der Waals surface area (Å²) in [6, 6.07) is 7.76. The zero-order valence-electron chi connectivity index (χ0n) is 20.9. The predicted octanol–water partition coefficient (Wildman–Crippen LogP) is 6.15. The SMILES string of the molecule is C=CCO[C@@H]1C[C@H](NN(C(=O)OC(C)(C)C)[C@@H](Cc2cc(F)cc(F)c2)[C@@H](C)O)c2cc(Br)ccc21. The molecule has 1 aliphatic rings. The number of benzene rings is 2. The van der Waals surface area contributed by atoms with E-state index in [9.17, 15) is 18.7 Å². The molecule has 2 aromatic rings. The topological polar surface area (TPSA) is 71.0 Å². The summed E-state index contributed by atoms with van der Waals surface area (Å²) in [5, 5.41) is 11.9. The highest BCUT2D eigenvalue weighted by atomic mass is 79.9. The predicted molar refractivity (Wildman–Crippen MR) is 137 cm³/mol. The molecule has 2 N–H and O–H groups in total. The minimum atomic E-state index is -1.05. The van der Waals surface area contributed by atoms with Gasteiger partial charge in [-0.1, -0.05) is 28.1 Å². The summed E-state index contributed by atoms with van der Waals surface area (Å²) >= 11 is 3.51. The minimum absolute atomic E-state index is 0.00690. The molecule has 0 radical (unpaired) electrons. The molecule has 0 heterocycles. The molecule has 9 heteroatoms. The lowest BCUT2D eigenvalue weighted by Gasteiger charge is -2.37. The number of fused-ring (bicyclic) bond motifs is 1. The van der Waals surface area contributed by atoms with Gasteiger partial charge in [0.15, 0.2) is 0 Å². The number of amides is 1. The fourth-order valence-corrected chi connectivity index (χ4v) is 4.66. The van der Waals surface area contributed by atoms with Crippen molar-refractivity contribution in [2.75, 3.05) is 6.61 Å². The summed E-state index contributed by atoms with van der Waals surface area (Å²) in [5.74, 6) is -1.47. The van der Waals surface area contributed by atoms with Crippen LogP contribution in [0.1, 0.15) is 63.0 Å². The summed E-state index contributed by atoms with van der Waals surface area (Å²) in [6.45, 7) is 10.8. The highest BCUT2D eigenvalue weighted by Crippen LogP contribution is 2.42. The van der Waals surface area contributed by atoms with Crippen LogP contribution in [0.25, 0.3) is 0 Å². The van der Waals surface area contributed by atoms with Crippen LogP contribution < -0.4 is 5.43 Å². The first-order valence-electron chi connectivity index (χ1n) is 11.8. The van der Waals surface area contributed by atoms with Gasteiger partial charge in [0.2, 0.25) is 0 Å². The number of carbonyl (C=O) groups is 1. The second kappa shape index (κ2) is 11.8. The number of aliphatic hydroxyl groups excluding tert-OH is 1. The molecule has 0 aliphatic heterocycles. The third-order valence-electron chi connectivity index (χ3n) is 5.78. The average Bonchev–Trinajstić information content (AvgIpc) is 3.09. The van der Waals surface area contributed by atoms with Gasteiger partial charge in [0, 0.05) is 10.5 Å². The number of hydrogen-bond donors (Lipinski definition) is 2. The van der Waals surface area contributed by atoms with Gasteiger partial charge in [-0.05, 0) is 81.5 Å². The van der Waals surface area contributed by atoms with E-state index in [1.165, 1.54) is 24.1 Å². The second-order valence-electron chi connectivity index (χ2n) is 9.94. The smallest absolute Gasteiger partial charge is 0.425 e. The van der Waals surface area contributed by atoms with Gasteiger partial charge >= 0.3 is 6.09 Å². The lowest BCUT2D eigenvalue weighted by molar-refractivity contribution is -0.0286. The van der Waals surface area contributed by atoms with Crippen LogP contribution in [0.5, 0.6) is 0 Å². The van der Waals surface area contributed by atoms with E-state index >= 15 is 0 Å². The highest BCUT2D eigenvalue weighted by Gasteiger charge is 2.38. The molecule has 1 aliphatic carbocycles. The van der Waals surface area contributed by atoms with Crippen LogP contribution in [0.15, 0.2) is 53.5 Å². The molecule has 0 saturated carbocycles. The molecule has 36 heavy (non-hydrogen) atoms. The molecule has 0 saturated heterocycles. The standard InChI is InChI=1S/C27H33BrF2N2O4/c1-6-9-35-25-15-23(22-13-18(28)7-8-21(22)25)31-32(26(34)36-27(3,4)5)24(16(2)33)12-17-10-19(29)14-20(30)11-17/h6-8,10-11,13-14,16,23-25,31,33H,1,9,12,15H2,2-5H3/t16-,23+,24+,25-/m1/s1. The van der Waals surface area contributed by atoms with E-state index in [4.69, 9.17) is 9.47 Å². The normalized spacial score (nSPS) is 18.9. The molecular formula is C27H33BrF2N2O4. The quantitative estimate of drug-likeness (QED) is 0.281. The van der Waals surface area contributed by atoms with E-state index in [1.807, 2.05) is 18.2 Å². The van der Waals surface area contributed by atoms with E-state index in [1.54, 1.807) is 26.8 Å². The van der Waals surface area contributed by atoms with E-state index in [-0.39, 0.29) is 18.6 Å². The molecule has 1 amide bonds. The molecule has 6 nitrogen and oxygen atoms in total. The molecule has 2 aromatic carbocycles. The Morgan fingerprint density at radius 3 is 2.50 bits per heavy atom. The van der Waals surface area contributed by atoms with Gasteiger partial charge in [-0.25, -0.2) is 24.0 Å². The number of hydrogen-bond acceptors (Lipinski definition) is 5. The third kappa shape index (κ3) is 7.35. The Morgan fingerprint density at radius 1 is 1.25 bits per heavy atom. The van der Waals surface area contributed by atoms with Crippen LogP contribution in [0.3, 0.4) is 0 Å². The second-order valence-corrected chi connectivity index (χ2v) is 10.9. The lowest BCUT2D eigenvalue weighted by Crippen LogP contribution is -2.56. The van der Waals surface area contributed by atoms with Crippen LogP contribution in [-0.2, 0) is 15.9 Å². The number of ether oxygens (including phenoxy) is 2. The Morgan fingerprint density at radius 2 is 1.92 bits per heavy atom. The first-order valence-corrected chi connectivity index (χ1v) is 12.6. The van der Waals surface area contributed by atoms with Gasteiger partial charge in [-0.3, -0.25) is 0 Å². The van der Waals surface area contributed by atoms with Crippen molar-refractivity contribution in [3.05, 3.63) is 81.9 Å². The maximum Gasteiger partial charge on any atom is 0.425 e. The third-order valence-corrected chi connectivity index (χ3v) is 6.27. The fourth-order valence-electron chi connectivity index (χ4n) is 4.28. The minimum Gasteiger partial charge on any atom is -0.443 e. The van der Waals surface area contributed by atoms with E-state index < -0.39 is 35.5 Å². The van der Waals surface area contributed by atoms with Crippen LogP contribution in [0.4, 0.5) is 13.6 Å². The fraction of sp³-hybridized carbons (Fsp3) is 0.444. The number of aliphatic hydroxyl groups is 1. The van der Waals surface area contributed by atoms with Gasteiger partial charge in [-0.15, -0.1) is 6.58 Å². The summed E-state index contributed by atoms with van der Waals surface area (Å²) < 4.78 is 40.2. The molecule has 0 aromatic heterocycles. The highest BCUT2D eigenvalue weighted by molar-refractivity contribution is 9.10. The largest absolute Gasteiger partial charge is 0.443 e. The maximum absolute atomic E-state index is 13.9. The van der Waals surface area contributed by atoms with Crippen molar-refractivity contribution in [3.8, 4) is 0 Å². The molecule has 3 rings (SSSR count). The van der Waals surface area contributed by atoms with E-state index in [0.717, 1.165) is 21.7 Å². The van der Waals surface area contributed by atoms with Crippen molar-refractivity contribution < 1.29 is 28.2 Å².